The van der Waals surface area contributed by atoms with Gasteiger partial charge in [0.2, 0.25) is 0 Å². The van der Waals surface area contributed by atoms with Gasteiger partial charge < -0.3 is 24.1 Å². The molecule has 1 unspecified atom stereocenters. The van der Waals surface area contributed by atoms with E-state index in [0.29, 0.717) is 13.2 Å². The summed E-state index contributed by atoms with van der Waals surface area (Å²) in [4.78, 5) is 4.66. The molecule has 2 aromatic heterocycles. The summed E-state index contributed by atoms with van der Waals surface area (Å²) in [6.07, 6.45) is 10.1. The van der Waals surface area contributed by atoms with Gasteiger partial charge in [0.15, 0.2) is 11.5 Å². The predicted octanol–water partition coefficient (Wildman–Crippen LogP) is 4.65. The molecule has 0 spiro atoms. The summed E-state index contributed by atoms with van der Waals surface area (Å²) in [6, 6.07) is 16.6. The second-order valence-corrected chi connectivity index (χ2v) is 10.4. The summed E-state index contributed by atoms with van der Waals surface area (Å²) in [5.41, 5.74) is 11.9. The molecule has 8 nitrogen and oxygen atoms in total. The molecule has 4 heterocycles. The van der Waals surface area contributed by atoms with Gasteiger partial charge in [-0.1, -0.05) is 42.5 Å². The van der Waals surface area contributed by atoms with Crippen LogP contribution in [0.2, 0.25) is 0 Å². The second kappa shape index (κ2) is 10.7. The van der Waals surface area contributed by atoms with Crippen molar-refractivity contribution in [1.82, 2.24) is 25.7 Å². The molecular weight excluding hydrogens is 490 g/mol. The molecule has 202 valence electrons. The van der Waals surface area contributed by atoms with Gasteiger partial charge in [0.05, 0.1) is 31.6 Å². The van der Waals surface area contributed by atoms with Crippen LogP contribution in [0, 0.1) is 0 Å². The zero-order chi connectivity index (χ0) is 26.8. The van der Waals surface area contributed by atoms with Crippen LogP contribution in [0.5, 0.6) is 17.2 Å². The number of aromatic nitrogens is 2. The molecule has 2 aliphatic heterocycles. The molecule has 2 aromatic carbocycles. The molecule has 3 N–H and O–H groups in total. The Hall–Kier alpha value is -3.85. The average Bonchev–Trinajstić information content (AvgIpc) is 3.61. The van der Waals surface area contributed by atoms with E-state index in [2.05, 4.69) is 81.3 Å². The van der Waals surface area contributed by atoms with E-state index >= 15 is 0 Å². The largest absolute Gasteiger partial charge is 0.493 e. The number of nitrogens with zero attached hydrogens (tertiary/aromatic N) is 2. The fraction of sp³-hybridized carbons (Fsp3) is 0.323. The van der Waals surface area contributed by atoms with Crippen LogP contribution < -0.4 is 30.4 Å². The van der Waals surface area contributed by atoms with Crippen molar-refractivity contribution in [3.63, 3.8) is 0 Å². The molecular formula is C31H35N5O3. The Balaban J connectivity index is 1.21. The number of nitrogens with one attached hydrogen (secondary N) is 3. The molecule has 0 amide bonds. The van der Waals surface area contributed by atoms with E-state index in [1.54, 1.807) is 13.3 Å². The minimum Gasteiger partial charge on any atom is -0.493 e. The van der Waals surface area contributed by atoms with Gasteiger partial charge in [0.25, 0.3) is 0 Å². The molecule has 0 saturated carbocycles. The lowest BCUT2D eigenvalue weighted by Gasteiger charge is -2.26. The van der Waals surface area contributed by atoms with Crippen LogP contribution in [0.3, 0.4) is 0 Å². The lowest BCUT2D eigenvalue weighted by molar-refractivity contribution is 0.283. The van der Waals surface area contributed by atoms with Gasteiger partial charge in [0, 0.05) is 37.2 Å². The summed E-state index contributed by atoms with van der Waals surface area (Å²) in [6.45, 7) is 4.13. The van der Waals surface area contributed by atoms with Crippen LogP contribution in [-0.4, -0.2) is 35.5 Å². The van der Waals surface area contributed by atoms with Crippen LogP contribution in [0.4, 0.5) is 0 Å². The highest BCUT2D eigenvalue weighted by Gasteiger charge is 2.35. The number of hydrazine groups is 1. The highest BCUT2D eigenvalue weighted by atomic mass is 16.5. The van der Waals surface area contributed by atoms with Crippen LogP contribution in [0.15, 0.2) is 67.0 Å². The number of pyridine rings is 1. The zero-order valence-electron chi connectivity index (χ0n) is 22.7. The van der Waals surface area contributed by atoms with Gasteiger partial charge in [-0.3, -0.25) is 0 Å². The lowest BCUT2D eigenvalue weighted by Crippen LogP contribution is -2.28. The van der Waals surface area contributed by atoms with Crippen molar-refractivity contribution in [1.29, 1.82) is 0 Å². The Labute approximate surface area is 229 Å². The number of methoxy groups -OCH3 is 1. The van der Waals surface area contributed by atoms with Crippen molar-refractivity contribution >= 4 is 17.1 Å². The maximum atomic E-state index is 6.16. The maximum absolute atomic E-state index is 6.16. The predicted molar refractivity (Wildman–Crippen MR) is 153 cm³/mol. The molecule has 0 bridgehead atoms. The van der Waals surface area contributed by atoms with Gasteiger partial charge in [0.1, 0.15) is 18.0 Å². The van der Waals surface area contributed by atoms with Gasteiger partial charge >= 0.3 is 0 Å². The third-order valence-corrected chi connectivity index (χ3v) is 7.47. The number of ether oxygens (including phenoxy) is 3. The summed E-state index contributed by atoms with van der Waals surface area (Å²) in [5, 5.41) is 4.71. The minimum atomic E-state index is -0.0150. The van der Waals surface area contributed by atoms with Crippen molar-refractivity contribution in [3.8, 4) is 17.2 Å². The first-order chi connectivity index (χ1) is 19.0. The van der Waals surface area contributed by atoms with E-state index < -0.39 is 0 Å². The Bertz CT molecular complexity index is 1490. The van der Waals surface area contributed by atoms with E-state index in [9.17, 15) is 0 Å². The average molecular weight is 526 g/mol. The Morgan fingerprint density at radius 1 is 1.10 bits per heavy atom. The number of hydrogen-bond donors (Lipinski definition) is 3. The summed E-state index contributed by atoms with van der Waals surface area (Å²) in [7, 11) is 3.72. The quantitative estimate of drug-likeness (QED) is 0.259. The van der Waals surface area contributed by atoms with Crippen molar-refractivity contribution in [2.45, 2.75) is 38.1 Å². The van der Waals surface area contributed by atoms with Crippen molar-refractivity contribution < 1.29 is 14.2 Å². The van der Waals surface area contributed by atoms with E-state index in [0.717, 1.165) is 58.8 Å². The van der Waals surface area contributed by atoms with E-state index in [4.69, 9.17) is 14.2 Å². The molecule has 0 aliphatic carbocycles. The van der Waals surface area contributed by atoms with Gasteiger partial charge in [-0.25, -0.2) is 15.8 Å². The fourth-order valence-corrected chi connectivity index (χ4v) is 5.06. The van der Waals surface area contributed by atoms with Gasteiger partial charge in [-0.2, -0.15) is 0 Å². The summed E-state index contributed by atoms with van der Waals surface area (Å²) >= 11 is 0. The third-order valence-electron chi connectivity index (χ3n) is 7.47. The molecule has 1 saturated heterocycles. The normalized spacial score (nSPS) is 17.8. The fourth-order valence-electron chi connectivity index (χ4n) is 5.06. The van der Waals surface area contributed by atoms with Crippen molar-refractivity contribution in [2.24, 2.45) is 7.05 Å². The number of hydrogen-bond acceptors (Lipinski definition) is 7. The number of benzene rings is 2. The molecule has 0 radical (unpaired) electrons. The molecule has 2 aliphatic rings. The summed E-state index contributed by atoms with van der Waals surface area (Å²) < 4.78 is 20.0. The zero-order valence-corrected chi connectivity index (χ0v) is 22.7. The monoisotopic (exact) mass is 525 g/mol. The first-order valence-electron chi connectivity index (χ1n) is 13.4. The molecule has 1 fully saturated rings. The second-order valence-electron chi connectivity index (χ2n) is 10.4. The molecule has 1 atom stereocenters. The standard InChI is InChI=1S/C31H35N5O3/c1-31(34-35-31)12-14-38-24-16-26-23(19-36(2)30(26)33-18-24)9-10-27-25-17-28(37-3)29(15-22(25)11-13-32-27)39-20-21-7-5-4-6-8-21/h4-10,15-19,27,32,34-35H,11-14,20H2,1-3H3/b10-9+. The molecule has 8 heteroatoms. The summed E-state index contributed by atoms with van der Waals surface area (Å²) in [5.74, 6) is 2.30. The van der Waals surface area contributed by atoms with Crippen LogP contribution in [0.1, 0.15) is 41.6 Å². The Morgan fingerprint density at radius 3 is 2.74 bits per heavy atom. The van der Waals surface area contributed by atoms with Crippen LogP contribution in [0.25, 0.3) is 17.1 Å². The highest BCUT2D eigenvalue weighted by Crippen LogP contribution is 2.37. The molecule has 39 heavy (non-hydrogen) atoms. The van der Waals surface area contributed by atoms with E-state index in [1.165, 1.54) is 11.1 Å². The Morgan fingerprint density at radius 2 is 1.95 bits per heavy atom. The smallest absolute Gasteiger partial charge is 0.161 e. The number of aryl methyl sites for hydroxylation is 1. The van der Waals surface area contributed by atoms with Crippen LogP contribution in [-0.2, 0) is 20.1 Å². The molecule has 6 rings (SSSR count). The van der Waals surface area contributed by atoms with E-state index in [1.807, 2.05) is 25.2 Å². The first-order valence-corrected chi connectivity index (χ1v) is 13.4. The first kappa shape index (κ1) is 25.4. The highest BCUT2D eigenvalue weighted by molar-refractivity contribution is 5.88. The van der Waals surface area contributed by atoms with Crippen molar-refractivity contribution in [3.05, 3.63) is 89.3 Å². The Kier molecular flexibility index (Phi) is 6.99. The lowest BCUT2D eigenvalue weighted by atomic mass is 9.93. The van der Waals surface area contributed by atoms with E-state index in [-0.39, 0.29) is 11.7 Å². The van der Waals surface area contributed by atoms with Gasteiger partial charge in [-0.05, 0) is 48.2 Å². The van der Waals surface area contributed by atoms with Crippen LogP contribution >= 0.6 is 0 Å². The number of rotatable bonds is 10. The van der Waals surface area contributed by atoms with Gasteiger partial charge in [-0.15, -0.1) is 0 Å². The maximum Gasteiger partial charge on any atom is 0.161 e. The minimum absolute atomic E-state index is 0.0150. The third kappa shape index (κ3) is 5.63. The topological polar surface area (TPSA) is 101 Å². The number of fused-ring (bicyclic) bond motifs is 2. The SMILES string of the molecule is COc1cc2c(cc1OCc1ccccc1)CCNC2/C=C/c1cn(C)c2ncc(OCCC3(C)NN3)cc12. The molecule has 4 aromatic rings. The van der Waals surface area contributed by atoms with Crippen molar-refractivity contribution in [2.75, 3.05) is 20.3 Å².